The van der Waals surface area contributed by atoms with Gasteiger partial charge in [-0.3, -0.25) is 4.79 Å². The van der Waals surface area contributed by atoms with Gasteiger partial charge in [0.15, 0.2) is 5.57 Å². The van der Waals surface area contributed by atoms with Gasteiger partial charge < -0.3 is 15.2 Å². The molecule has 2 aliphatic rings. The van der Waals surface area contributed by atoms with Gasteiger partial charge in [0, 0.05) is 12.0 Å². The molecule has 2 rings (SSSR count). The van der Waals surface area contributed by atoms with Gasteiger partial charge in [0.05, 0.1) is 7.11 Å². The number of nitrogens with one attached hydrogen (secondary N) is 1. The average molecular weight is 211 g/mol. The number of rotatable bonds is 1. The molecule has 2 N–H and O–H groups in total. The minimum absolute atomic E-state index is 0.0223. The Morgan fingerprint density at radius 2 is 2.27 bits per heavy atom. The van der Waals surface area contributed by atoms with Gasteiger partial charge >= 0.3 is 5.97 Å². The molecule has 2 unspecified atom stereocenters. The molecule has 0 bridgehead atoms. The summed E-state index contributed by atoms with van der Waals surface area (Å²) < 4.78 is 4.46. The number of esters is 1. The molecule has 1 fully saturated rings. The number of hydrogen-bond donors (Lipinski definition) is 2. The molecule has 1 aliphatic carbocycles. The van der Waals surface area contributed by atoms with Gasteiger partial charge in [-0.2, -0.15) is 0 Å². The van der Waals surface area contributed by atoms with Gasteiger partial charge in [0.1, 0.15) is 5.76 Å². The second kappa shape index (κ2) is 3.56. The maximum absolute atomic E-state index is 11.5. The predicted molar refractivity (Wildman–Crippen MR) is 50.9 cm³/mol. The number of amides is 1. The molecule has 1 amide bonds. The molecule has 0 aromatic rings. The number of aliphatic hydroxyl groups excluding tert-OH is 1. The van der Waals surface area contributed by atoms with Crippen molar-refractivity contribution >= 4 is 11.9 Å². The molecule has 1 heterocycles. The molecule has 2 atom stereocenters. The molecular formula is C10H13NO4. The minimum Gasteiger partial charge on any atom is -0.511 e. The normalized spacial score (nSPS) is 29.8. The highest BCUT2D eigenvalue weighted by Gasteiger charge is 2.41. The van der Waals surface area contributed by atoms with Crippen LogP contribution in [0.1, 0.15) is 19.3 Å². The van der Waals surface area contributed by atoms with Crippen molar-refractivity contribution in [1.29, 1.82) is 0 Å². The van der Waals surface area contributed by atoms with Crippen molar-refractivity contribution in [2.24, 2.45) is 5.92 Å². The van der Waals surface area contributed by atoms with Crippen LogP contribution in [-0.2, 0) is 14.3 Å². The van der Waals surface area contributed by atoms with Crippen molar-refractivity contribution in [3.05, 3.63) is 11.3 Å². The van der Waals surface area contributed by atoms with Gasteiger partial charge in [-0.25, -0.2) is 4.79 Å². The van der Waals surface area contributed by atoms with Crippen LogP contribution in [-0.4, -0.2) is 30.1 Å². The lowest BCUT2D eigenvalue weighted by molar-refractivity contribution is -0.139. The smallest absolute Gasteiger partial charge is 0.346 e. The molecule has 0 spiro atoms. The molecule has 5 nitrogen and oxygen atoms in total. The summed E-state index contributed by atoms with van der Waals surface area (Å²) in [5.41, 5.74) is -0.236. The van der Waals surface area contributed by atoms with Crippen LogP contribution < -0.4 is 5.32 Å². The quantitative estimate of drug-likeness (QED) is 0.482. The molecule has 15 heavy (non-hydrogen) atoms. The third-order valence-corrected chi connectivity index (χ3v) is 3.06. The average Bonchev–Trinajstić information content (AvgIpc) is 2.65. The Hall–Kier alpha value is -1.52. The van der Waals surface area contributed by atoms with Crippen molar-refractivity contribution in [3.63, 3.8) is 0 Å². The van der Waals surface area contributed by atoms with Crippen molar-refractivity contribution in [1.82, 2.24) is 5.32 Å². The van der Waals surface area contributed by atoms with Crippen molar-refractivity contribution in [2.75, 3.05) is 7.11 Å². The predicted octanol–water partition coefficient (Wildman–Crippen LogP) is 0.270. The highest BCUT2D eigenvalue weighted by Crippen LogP contribution is 2.35. The standard InChI is InChI=1S/C10H13NO4/c1-15-10(14)7-8(12)5-3-2-4-6(5)11-9(7)13/h5-6,12H,2-4H2,1H3,(H,11,13). The zero-order chi connectivity index (χ0) is 11.0. The van der Waals surface area contributed by atoms with Gasteiger partial charge in [-0.1, -0.05) is 6.42 Å². The second-order valence-electron chi connectivity index (χ2n) is 3.87. The van der Waals surface area contributed by atoms with E-state index in [0.717, 1.165) is 19.3 Å². The summed E-state index contributed by atoms with van der Waals surface area (Å²) in [7, 11) is 1.19. The van der Waals surface area contributed by atoms with E-state index in [1.807, 2.05) is 0 Å². The van der Waals surface area contributed by atoms with E-state index in [4.69, 9.17) is 0 Å². The fraction of sp³-hybridized carbons (Fsp3) is 0.600. The minimum atomic E-state index is -0.768. The van der Waals surface area contributed by atoms with Crippen LogP contribution in [0, 0.1) is 5.92 Å². The SMILES string of the molecule is COC(=O)C1=C(O)C2CCCC2NC1=O. The fourth-order valence-electron chi connectivity index (χ4n) is 2.30. The number of aliphatic hydroxyl groups is 1. The van der Waals surface area contributed by atoms with E-state index < -0.39 is 11.9 Å². The molecule has 0 radical (unpaired) electrons. The Morgan fingerprint density at radius 3 is 2.93 bits per heavy atom. The first-order valence-corrected chi connectivity index (χ1v) is 4.97. The van der Waals surface area contributed by atoms with Crippen LogP contribution in [0.2, 0.25) is 0 Å². The lowest BCUT2D eigenvalue weighted by Crippen LogP contribution is -2.45. The van der Waals surface area contributed by atoms with E-state index in [-0.39, 0.29) is 23.3 Å². The van der Waals surface area contributed by atoms with Crippen LogP contribution in [0.15, 0.2) is 11.3 Å². The van der Waals surface area contributed by atoms with Crippen molar-refractivity contribution in [3.8, 4) is 0 Å². The summed E-state index contributed by atoms with van der Waals surface area (Å²) in [4.78, 5) is 22.8. The molecule has 1 aliphatic heterocycles. The molecule has 0 saturated heterocycles. The first-order valence-electron chi connectivity index (χ1n) is 4.97. The van der Waals surface area contributed by atoms with Gasteiger partial charge in [0.25, 0.3) is 5.91 Å². The highest BCUT2D eigenvalue weighted by atomic mass is 16.5. The third-order valence-electron chi connectivity index (χ3n) is 3.06. The van der Waals surface area contributed by atoms with Gasteiger partial charge in [-0.05, 0) is 12.8 Å². The Labute approximate surface area is 87.1 Å². The number of fused-ring (bicyclic) bond motifs is 1. The molecule has 0 aromatic heterocycles. The number of methoxy groups -OCH3 is 1. The Balaban J connectivity index is 2.37. The summed E-state index contributed by atoms with van der Waals surface area (Å²) in [6.07, 6.45) is 2.61. The number of carbonyl (C=O) groups excluding carboxylic acids is 2. The summed E-state index contributed by atoms with van der Waals surface area (Å²) in [5.74, 6) is -1.51. The van der Waals surface area contributed by atoms with E-state index in [1.54, 1.807) is 0 Å². The van der Waals surface area contributed by atoms with E-state index in [1.165, 1.54) is 7.11 Å². The van der Waals surface area contributed by atoms with Crippen LogP contribution in [0.25, 0.3) is 0 Å². The largest absolute Gasteiger partial charge is 0.511 e. The van der Waals surface area contributed by atoms with E-state index in [9.17, 15) is 14.7 Å². The highest BCUT2D eigenvalue weighted by molar-refractivity contribution is 6.17. The fourth-order valence-corrected chi connectivity index (χ4v) is 2.30. The second-order valence-corrected chi connectivity index (χ2v) is 3.87. The summed E-state index contributed by atoms with van der Waals surface area (Å²) >= 11 is 0. The molecule has 1 saturated carbocycles. The molecular weight excluding hydrogens is 198 g/mol. The zero-order valence-corrected chi connectivity index (χ0v) is 8.45. The first kappa shape index (κ1) is 10.0. The van der Waals surface area contributed by atoms with Crippen LogP contribution in [0.4, 0.5) is 0 Å². The Bertz CT molecular complexity index is 347. The maximum Gasteiger partial charge on any atom is 0.346 e. The molecule has 5 heteroatoms. The van der Waals surface area contributed by atoms with Crippen LogP contribution in [0.5, 0.6) is 0 Å². The lowest BCUT2D eigenvalue weighted by atomic mass is 9.93. The van der Waals surface area contributed by atoms with Crippen molar-refractivity contribution in [2.45, 2.75) is 25.3 Å². The number of ether oxygens (including phenoxy) is 1. The maximum atomic E-state index is 11.5. The monoisotopic (exact) mass is 211 g/mol. The van der Waals surface area contributed by atoms with E-state index in [2.05, 4.69) is 10.1 Å². The van der Waals surface area contributed by atoms with Crippen LogP contribution >= 0.6 is 0 Å². The van der Waals surface area contributed by atoms with Crippen molar-refractivity contribution < 1.29 is 19.4 Å². The van der Waals surface area contributed by atoms with Crippen LogP contribution in [0.3, 0.4) is 0 Å². The third kappa shape index (κ3) is 1.48. The van der Waals surface area contributed by atoms with Gasteiger partial charge in [-0.15, -0.1) is 0 Å². The van der Waals surface area contributed by atoms with Gasteiger partial charge in [0.2, 0.25) is 0 Å². The zero-order valence-electron chi connectivity index (χ0n) is 8.45. The van der Waals surface area contributed by atoms with E-state index >= 15 is 0 Å². The lowest BCUT2D eigenvalue weighted by Gasteiger charge is -2.26. The molecule has 0 aromatic carbocycles. The summed E-state index contributed by atoms with van der Waals surface area (Å²) in [5, 5.41) is 12.5. The number of hydrogen-bond acceptors (Lipinski definition) is 4. The Kier molecular flexibility index (Phi) is 2.38. The summed E-state index contributed by atoms with van der Waals surface area (Å²) in [6, 6.07) is -0.0223. The topological polar surface area (TPSA) is 75.6 Å². The van der Waals surface area contributed by atoms with E-state index in [0.29, 0.717) is 0 Å². The first-order chi connectivity index (χ1) is 7.15. The summed E-state index contributed by atoms with van der Waals surface area (Å²) in [6.45, 7) is 0. The molecule has 82 valence electrons. The number of carbonyl (C=O) groups is 2. The Morgan fingerprint density at radius 1 is 1.53 bits per heavy atom.